The predicted molar refractivity (Wildman–Crippen MR) is 78.7 cm³/mol. The molecule has 0 saturated carbocycles. The average molecular weight is 323 g/mol. The molecule has 0 amide bonds. The number of ether oxygens (including phenoxy) is 2. The Bertz CT molecular complexity index is 660. The summed E-state index contributed by atoms with van der Waals surface area (Å²) in [7, 11) is 0. The van der Waals surface area contributed by atoms with Crippen LogP contribution in [0.5, 0.6) is 5.75 Å². The molecular weight excluding hydrogens is 307 g/mol. The van der Waals surface area contributed by atoms with E-state index in [2.05, 4.69) is 5.32 Å². The van der Waals surface area contributed by atoms with Gasteiger partial charge in [0.25, 0.3) is 0 Å². The number of morpholine rings is 1. The van der Waals surface area contributed by atoms with Gasteiger partial charge >= 0.3 is 0 Å². The van der Waals surface area contributed by atoms with Crippen LogP contribution in [0.1, 0.15) is 11.7 Å². The summed E-state index contributed by atoms with van der Waals surface area (Å²) in [6.07, 6.45) is -1.07. The molecule has 122 valence electrons. The molecule has 2 unspecified atom stereocenters. The molecule has 1 N–H and O–H groups in total. The molecule has 0 aliphatic carbocycles. The van der Waals surface area contributed by atoms with E-state index in [4.69, 9.17) is 9.47 Å². The Morgan fingerprint density at radius 3 is 2.61 bits per heavy atom. The molecule has 0 aromatic heterocycles. The Morgan fingerprint density at radius 1 is 1.13 bits per heavy atom. The van der Waals surface area contributed by atoms with Crippen molar-refractivity contribution >= 4 is 0 Å². The van der Waals surface area contributed by atoms with E-state index in [0.29, 0.717) is 25.8 Å². The quantitative estimate of drug-likeness (QED) is 0.877. The fourth-order valence-electron chi connectivity index (χ4n) is 2.54. The normalized spacial score (nSPS) is 19.3. The topological polar surface area (TPSA) is 30.5 Å². The lowest BCUT2D eigenvalue weighted by Gasteiger charge is -2.31. The Kier molecular flexibility index (Phi) is 4.83. The fraction of sp³-hybridized carbons (Fsp3) is 0.294. The van der Waals surface area contributed by atoms with Gasteiger partial charge in [-0.15, -0.1) is 0 Å². The van der Waals surface area contributed by atoms with E-state index in [1.165, 1.54) is 0 Å². The van der Waals surface area contributed by atoms with Crippen molar-refractivity contribution in [2.45, 2.75) is 12.2 Å². The summed E-state index contributed by atoms with van der Waals surface area (Å²) in [4.78, 5) is 0. The highest BCUT2D eigenvalue weighted by atomic mass is 19.2. The number of rotatable bonds is 4. The fourth-order valence-corrected chi connectivity index (χ4v) is 2.54. The first-order valence-corrected chi connectivity index (χ1v) is 7.33. The molecule has 0 bridgehead atoms. The largest absolute Gasteiger partial charge is 0.480 e. The van der Waals surface area contributed by atoms with Gasteiger partial charge in [-0.25, -0.2) is 8.78 Å². The Morgan fingerprint density at radius 2 is 1.91 bits per heavy atom. The van der Waals surface area contributed by atoms with Gasteiger partial charge in [0.2, 0.25) is 5.82 Å². The molecule has 3 nitrogen and oxygen atoms in total. The van der Waals surface area contributed by atoms with Gasteiger partial charge in [0.15, 0.2) is 17.7 Å². The summed E-state index contributed by atoms with van der Waals surface area (Å²) < 4.78 is 52.0. The van der Waals surface area contributed by atoms with Gasteiger partial charge < -0.3 is 14.8 Å². The molecule has 1 saturated heterocycles. The molecule has 2 atom stereocenters. The van der Waals surface area contributed by atoms with E-state index < -0.39 is 35.4 Å². The molecule has 1 aliphatic heterocycles. The lowest BCUT2D eigenvalue weighted by Crippen LogP contribution is -2.43. The first-order chi connectivity index (χ1) is 11.1. The second-order valence-corrected chi connectivity index (χ2v) is 5.26. The summed E-state index contributed by atoms with van der Waals surface area (Å²) in [6.45, 7) is 1.69. The van der Waals surface area contributed by atoms with Crippen molar-refractivity contribution < 1.29 is 22.6 Å². The van der Waals surface area contributed by atoms with Crippen LogP contribution in [0.15, 0.2) is 42.5 Å². The van der Waals surface area contributed by atoms with E-state index in [0.717, 1.165) is 11.6 Å². The average Bonchev–Trinajstić information content (AvgIpc) is 2.58. The zero-order chi connectivity index (χ0) is 16.2. The molecule has 1 heterocycles. The molecule has 1 fully saturated rings. The number of hydrogen-bond donors (Lipinski definition) is 1. The van der Waals surface area contributed by atoms with Crippen LogP contribution in [0.3, 0.4) is 0 Å². The minimum atomic E-state index is -1.28. The van der Waals surface area contributed by atoms with Crippen LogP contribution in [-0.2, 0) is 4.74 Å². The first kappa shape index (κ1) is 15.8. The van der Waals surface area contributed by atoms with Gasteiger partial charge in [0, 0.05) is 25.2 Å². The number of benzene rings is 2. The smallest absolute Gasteiger partial charge is 0.200 e. The first-order valence-electron chi connectivity index (χ1n) is 7.33. The highest BCUT2D eigenvalue weighted by Gasteiger charge is 2.29. The molecule has 1 aliphatic rings. The summed E-state index contributed by atoms with van der Waals surface area (Å²) in [5.74, 6) is -3.86. The van der Waals surface area contributed by atoms with Crippen molar-refractivity contribution in [3.8, 4) is 5.75 Å². The van der Waals surface area contributed by atoms with Crippen LogP contribution in [0.25, 0.3) is 0 Å². The van der Waals surface area contributed by atoms with E-state index in [-0.39, 0.29) is 0 Å². The van der Waals surface area contributed by atoms with Gasteiger partial charge in [-0.2, -0.15) is 4.39 Å². The van der Waals surface area contributed by atoms with Gasteiger partial charge in [-0.3, -0.25) is 0 Å². The minimum Gasteiger partial charge on any atom is -0.480 e. The van der Waals surface area contributed by atoms with Gasteiger partial charge in [-0.1, -0.05) is 30.3 Å². The van der Waals surface area contributed by atoms with Gasteiger partial charge in [-0.05, 0) is 5.56 Å². The second kappa shape index (κ2) is 7.02. The third kappa shape index (κ3) is 3.65. The lowest BCUT2D eigenvalue weighted by molar-refractivity contribution is -0.0445. The van der Waals surface area contributed by atoms with E-state index >= 15 is 0 Å². The maximum absolute atomic E-state index is 13.9. The third-order valence-corrected chi connectivity index (χ3v) is 3.64. The van der Waals surface area contributed by atoms with Crippen molar-refractivity contribution in [2.24, 2.45) is 0 Å². The molecule has 2 aromatic rings. The van der Waals surface area contributed by atoms with Crippen LogP contribution in [0.2, 0.25) is 0 Å². The predicted octanol–water partition coefficient (Wildman–Crippen LogP) is 3.21. The zero-order valence-corrected chi connectivity index (χ0v) is 12.3. The Hall–Kier alpha value is -2.05. The summed E-state index contributed by atoms with van der Waals surface area (Å²) in [5, 5.41) is 3.16. The molecular formula is C17H16F3NO2. The Labute approximate surface area is 132 Å². The third-order valence-electron chi connectivity index (χ3n) is 3.64. The molecule has 0 radical (unpaired) electrons. The molecule has 23 heavy (non-hydrogen) atoms. The van der Waals surface area contributed by atoms with Gasteiger partial charge in [0.05, 0.1) is 6.61 Å². The monoisotopic (exact) mass is 323 g/mol. The van der Waals surface area contributed by atoms with Crippen LogP contribution < -0.4 is 10.1 Å². The molecule has 0 spiro atoms. The number of nitrogens with one attached hydrogen (secondary N) is 1. The van der Waals surface area contributed by atoms with Crippen molar-refractivity contribution in [3.05, 3.63) is 65.5 Å². The summed E-state index contributed by atoms with van der Waals surface area (Å²) in [5.41, 5.74) is 0.741. The van der Waals surface area contributed by atoms with Crippen LogP contribution >= 0.6 is 0 Å². The van der Waals surface area contributed by atoms with Crippen LogP contribution in [-0.4, -0.2) is 25.8 Å². The maximum Gasteiger partial charge on any atom is 0.200 e. The highest BCUT2D eigenvalue weighted by molar-refractivity contribution is 5.28. The molecule has 2 aromatic carbocycles. The van der Waals surface area contributed by atoms with E-state index in [9.17, 15) is 13.2 Å². The zero-order valence-electron chi connectivity index (χ0n) is 12.3. The van der Waals surface area contributed by atoms with Crippen molar-refractivity contribution in [1.82, 2.24) is 5.32 Å². The standard InChI is InChI=1S/C17H16F3NO2/c18-12-8-13(19)16(20)14(9-12)23-17(11-4-2-1-3-5-11)15-10-21-6-7-22-15/h1-5,8-9,15,17,21H,6-7,10H2. The Balaban J connectivity index is 1.93. The van der Waals surface area contributed by atoms with Crippen molar-refractivity contribution in [2.75, 3.05) is 19.7 Å². The van der Waals surface area contributed by atoms with E-state index in [1.807, 2.05) is 18.2 Å². The van der Waals surface area contributed by atoms with Gasteiger partial charge in [0.1, 0.15) is 11.9 Å². The number of hydrogen-bond acceptors (Lipinski definition) is 3. The maximum atomic E-state index is 13.9. The van der Waals surface area contributed by atoms with Crippen LogP contribution in [0, 0.1) is 17.5 Å². The number of halogens is 3. The second-order valence-electron chi connectivity index (χ2n) is 5.26. The highest BCUT2D eigenvalue weighted by Crippen LogP contribution is 2.30. The van der Waals surface area contributed by atoms with Crippen LogP contribution in [0.4, 0.5) is 13.2 Å². The van der Waals surface area contributed by atoms with Crippen molar-refractivity contribution in [3.63, 3.8) is 0 Å². The summed E-state index contributed by atoms with van der Waals surface area (Å²) >= 11 is 0. The SMILES string of the molecule is Fc1cc(F)c(F)c(OC(c2ccccc2)C2CNCCO2)c1. The lowest BCUT2D eigenvalue weighted by atomic mass is 10.0. The minimum absolute atomic E-state index is 0.392. The van der Waals surface area contributed by atoms with Crippen molar-refractivity contribution in [1.29, 1.82) is 0 Å². The van der Waals surface area contributed by atoms with E-state index in [1.54, 1.807) is 12.1 Å². The molecule has 3 rings (SSSR count). The summed E-state index contributed by atoms with van der Waals surface area (Å²) in [6, 6.07) is 10.4. The molecule has 6 heteroatoms.